The number of nitrogens with one attached hydrogen (secondary N) is 1. The van der Waals surface area contributed by atoms with Gasteiger partial charge in [-0.05, 0) is 44.0 Å². The van der Waals surface area contributed by atoms with Crippen LogP contribution in [0.2, 0.25) is 5.02 Å². The van der Waals surface area contributed by atoms with E-state index in [2.05, 4.69) is 19.2 Å². The molecule has 4 heteroatoms. The summed E-state index contributed by atoms with van der Waals surface area (Å²) in [4.78, 5) is 0. The van der Waals surface area contributed by atoms with E-state index in [0.717, 1.165) is 12.0 Å². The van der Waals surface area contributed by atoms with E-state index < -0.39 is 0 Å². The van der Waals surface area contributed by atoms with Crippen LogP contribution in [0.5, 0.6) is 0 Å². The van der Waals surface area contributed by atoms with Gasteiger partial charge >= 0.3 is 0 Å². The predicted molar refractivity (Wildman–Crippen MR) is 67.7 cm³/mol. The van der Waals surface area contributed by atoms with E-state index >= 15 is 0 Å². The van der Waals surface area contributed by atoms with Crippen LogP contribution in [0.3, 0.4) is 0 Å². The van der Waals surface area contributed by atoms with E-state index in [4.69, 9.17) is 23.2 Å². The van der Waals surface area contributed by atoms with Crippen LogP contribution >= 0.6 is 23.2 Å². The molecular weight excluding hydrogens is 248 g/mol. The van der Waals surface area contributed by atoms with Gasteiger partial charge in [0.1, 0.15) is 5.82 Å². The maximum Gasteiger partial charge on any atom is 0.123 e. The fraction of sp³-hybridized carbons (Fsp3) is 0.500. The first-order valence-corrected chi connectivity index (χ1v) is 6.11. The smallest absolute Gasteiger partial charge is 0.123 e. The molecule has 1 rings (SSSR count). The van der Waals surface area contributed by atoms with Crippen LogP contribution in [0.4, 0.5) is 4.39 Å². The highest BCUT2D eigenvalue weighted by molar-refractivity contribution is 6.31. The van der Waals surface area contributed by atoms with Crippen molar-refractivity contribution in [2.45, 2.75) is 32.4 Å². The largest absolute Gasteiger partial charge is 0.308 e. The summed E-state index contributed by atoms with van der Waals surface area (Å²) < 4.78 is 13.0. The summed E-state index contributed by atoms with van der Waals surface area (Å²) in [6.45, 7) is 4.66. The number of hydrogen-bond acceptors (Lipinski definition) is 1. The molecule has 90 valence electrons. The molecule has 0 radical (unpaired) electrons. The van der Waals surface area contributed by atoms with Gasteiger partial charge in [0.05, 0.1) is 0 Å². The number of alkyl halides is 1. The van der Waals surface area contributed by atoms with Crippen LogP contribution in [-0.2, 0) is 6.54 Å². The highest BCUT2D eigenvalue weighted by atomic mass is 35.5. The van der Waals surface area contributed by atoms with Gasteiger partial charge in [0.15, 0.2) is 0 Å². The molecule has 1 N–H and O–H groups in total. The molecule has 0 aromatic heterocycles. The third-order valence-corrected chi connectivity index (χ3v) is 3.04. The summed E-state index contributed by atoms with van der Waals surface area (Å²) in [5.74, 6) is 0.327. The van der Waals surface area contributed by atoms with Crippen molar-refractivity contribution in [1.82, 2.24) is 5.32 Å². The molecule has 0 bridgehead atoms. The summed E-state index contributed by atoms with van der Waals surface area (Å²) in [6.07, 6.45) is 0.849. The predicted octanol–water partition coefficient (Wildman–Crippen LogP) is 3.98. The van der Waals surface area contributed by atoms with E-state index in [1.807, 2.05) is 0 Å². The number of hydrogen-bond donors (Lipinski definition) is 1. The quantitative estimate of drug-likeness (QED) is 0.793. The second-order valence-corrected chi connectivity index (χ2v) is 5.20. The lowest BCUT2D eigenvalue weighted by molar-refractivity contribution is 0.376. The minimum absolute atomic E-state index is 0.0720. The molecule has 0 amide bonds. The molecule has 1 aromatic rings. The molecule has 0 atom stereocenters. The molecule has 1 aromatic carbocycles. The zero-order valence-corrected chi connectivity index (χ0v) is 11.0. The van der Waals surface area contributed by atoms with Crippen molar-refractivity contribution in [2.75, 3.05) is 5.88 Å². The van der Waals surface area contributed by atoms with Crippen LogP contribution in [-0.4, -0.2) is 11.4 Å². The monoisotopic (exact) mass is 263 g/mol. The molecule has 0 saturated carbocycles. The van der Waals surface area contributed by atoms with Crippen molar-refractivity contribution < 1.29 is 4.39 Å². The molecule has 0 saturated heterocycles. The molecule has 0 aliphatic carbocycles. The lowest BCUT2D eigenvalue weighted by Gasteiger charge is -2.25. The van der Waals surface area contributed by atoms with Gasteiger partial charge in [-0.3, -0.25) is 0 Å². The minimum Gasteiger partial charge on any atom is -0.308 e. The summed E-state index contributed by atoms with van der Waals surface area (Å²) in [5, 5.41) is 3.89. The van der Waals surface area contributed by atoms with Crippen LogP contribution < -0.4 is 5.32 Å². The molecule has 0 aliphatic rings. The maximum absolute atomic E-state index is 13.0. The first kappa shape index (κ1) is 13.8. The van der Waals surface area contributed by atoms with Gasteiger partial charge in [-0.15, -0.1) is 11.6 Å². The molecule has 0 fully saturated rings. The summed E-state index contributed by atoms with van der Waals surface area (Å²) >= 11 is 11.7. The van der Waals surface area contributed by atoms with Gasteiger partial charge in [0, 0.05) is 23.0 Å². The third kappa shape index (κ3) is 4.28. The van der Waals surface area contributed by atoms with Gasteiger partial charge in [-0.1, -0.05) is 11.6 Å². The van der Waals surface area contributed by atoms with E-state index in [-0.39, 0.29) is 11.4 Å². The first-order chi connectivity index (χ1) is 7.44. The fourth-order valence-corrected chi connectivity index (χ4v) is 1.99. The normalized spacial score (nSPS) is 11.8. The Hall–Kier alpha value is -0.310. The van der Waals surface area contributed by atoms with Crippen molar-refractivity contribution in [3.8, 4) is 0 Å². The Kier molecular flexibility index (Phi) is 5.03. The Bertz CT molecular complexity index is 353. The van der Waals surface area contributed by atoms with Gasteiger partial charge in [-0.25, -0.2) is 4.39 Å². The molecular formula is C12H16Cl2FN. The van der Waals surface area contributed by atoms with E-state index in [1.165, 1.54) is 12.1 Å². The minimum atomic E-state index is -0.267. The lowest BCUT2D eigenvalue weighted by atomic mass is 10.0. The molecule has 0 spiro atoms. The standard InChI is InChI=1S/C12H16Cl2FN/c1-12(2,5-6-13)16-8-9-7-10(15)3-4-11(9)14/h3-4,7,16H,5-6,8H2,1-2H3. The fourth-order valence-electron chi connectivity index (χ4n) is 1.34. The first-order valence-electron chi connectivity index (χ1n) is 5.19. The molecule has 16 heavy (non-hydrogen) atoms. The number of rotatable bonds is 5. The average molecular weight is 264 g/mol. The Morgan fingerprint density at radius 1 is 1.38 bits per heavy atom. The van der Waals surface area contributed by atoms with Crippen molar-refractivity contribution in [3.05, 3.63) is 34.6 Å². The van der Waals surface area contributed by atoms with Gasteiger partial charge < -0.3 is 5.32 Å². The maximum atomic E-state index is 13.0. The average Bonchev–Trinajstić information content (AvgIpc) is 2.19. The van der Waals surface area contributed by atoms with Crippen molar-refractivity contribution >= 4 is 23.2 Å². The Labute approximate surface area is 106 Å². The zero-order chi connectivity index (χ0) is 12.2. The van der Waals surface area contributed by atoms with E-state index in [9.17, 15) is 4.39 Å². The van der Waals surface area contributed by atoms with Crippen molar-refractivity contribution in [1.29, 1.82) is 0 Å². The third-order valence-electron chi connectivity index (χ3n) is 2.48. The highest BCUT2D eigenvalue weighted by Crippen LogP contribution is 2.18. The Morgan fingerprint density at radius 2 is 2.06 bits per heavy atom. The SMILES string of the molecule is CC(C)(CCCl)NCc1cc(F)ccc1Cl. The van der Waals surface area contributed by atoms with Gasteiger partial charge in [-0.2, -0.15) is 0 Å². The van der Waals surface area contributed by atoms with Crippen LogP contribution in [0, 0.1) is 5.82 Å². The zero-order valence-electron chi connectivity index (χ0n) is 9.49. The lowest BCUT2D eigenvalue weighted by Crippen LogP contribution is -2.39. The second kappa shape index (κ2) is 5.85. The topological polar surface area (TPSA) is 12.0 Å². The Morgan fingerprint density at radius 3 is 2.69 bits per heavy atom. The summed E-state index contributed by atoms with van der Waals surface area (Å²) in [7, 11) is 0. The summed E-state index contributed by atoms with van der Waals surface area (Å²) in [5.41, 5.74) is 0.696. The number of halogens is 3. The van der Waals surface area contributed by atoms with Crippen molar-refractivity contribution in [3.63, 3.8) is 0 Å². The van der Waals surface area contributed by atoms with Crippen LogP contribution in [0.25, 0.3) is 0 Å². The van der Waals surface area contributed by atoms with Crippen LogP contribution in [0.1, 0.15) is 25.8 Å². The second-order valence-electron chi connectivity index (χ2n) is 4.41. The van der Waals surface area contributed by atoms with Gasteiger partial charge in [0.2, 0.25) is 0 Å². The molecule has 1 nitrogen and oxygen atoms in total. The van der Waals surface area contributed by atoms with Crippen LogP contribution in [0.15, 0.2) is 18.2 Å². The van der Waals surface area contributed by atoms with E-state index in [1.54, 1.807) is 6.07 Å². The summed E-state index contributed by atoms with van der Waals surface area (Å²) in [6, 6.07) is 4.38. The molecule has 0 aliphatic heterocycles. The van der Waals surface area contributed by atoms with Crippen molar-refractivity contribution in [2.24, 2.45) is 0 Å². The van der Waals surface area contributed by atoms with Gasteiger partial charge in [0.25, 0.3) is 0 Å². The number of benzene rings is 1. The highest BCUT2D eigenvalue weighted by Gasteiger charge is 2.16. The van der Waals surface area contributed by atoms with E-state index in [0.29, 0.717) is 17.4 Å². The molecule has 0 unspecified atom stereocenters. The Balaban J connectivity index is 2.63. The molecule has 0 heterocycles.